The first-order valence-corrected chi connectivity index (χ1v) is 8.68. The van der Waals surface area contributed by atoms with Gasteiger partial charge in [0.15, 0.2) is 6.61 Å². The number of amides is 1. The molecule has 1 heterocycles. The van der Waals surface area contributed by atoms with Gasteiger partial charge in [0, 0.05) is 35.6 Å². The molecule has 0 saturated carbocycles. The molecule has 0 unspecified atom stereocenters. The van der Waals surface area contributed by atoms with Crippen molar-refractivity contribution in [2.24, 2.45) is 0 Å². The average molecular weight is 381 g/mol. The lowest BCUT2D eigenvalue weighted by Crippen LogP contribution is -2.36. The highest BCUT2D eigenvalue weighted by atomic mass is 35.5. The number of carbonyl (C=O) groups excluding carboxylic acids is 1. The average Bonchev–Trinajstić information content (AvgIpc) is 2.64. The van der Waals surface area contributed by atoms with Gasteiger partial charge >= 0.3 is 0 Å². The van der Waals surface area contributed by atoms with Crippen molar-refractivity contribution in [1.29, 1.82) is 0 Å². The Labute approximate surface area is 156 Å². The van der Waals surface area contributed by atoms with Gasteiger partial charge in [0.05, 0.1) is 18.2 Å². The molecule has 1 fully saturated rings. The zero-order chi connectivity index (χ0) is 17.6. The van der Waals surface area contributed by atoms with Crippen LogP contribution in [0.3, 0.4) is 0 Å². The van der Waals surface area contributed by atoms with Gasteiger partial charge in [-0.3, -0.25) is 4.79 Å². The van der Waals surface area contributed by atoms with Gasteiger partial charge in [-0.05, 0) is 36.4 Å². The molecule has 0 radical (unpaired) electrons. The number of benzene rings is 2. The Bertz CT molecular complexity index is 732. The minimum absolute atomic E-state index is 0.148. The van der Waals surface area contributed by atoms with E-state index in [1.165, 1.54) is 0 Å². The number of anilines is 2. The van der Waals surface area contributed by atoms with E-state index in [1.807, 2.05) is 24.3 Å². The highest BCUT2D eigenvalue weighted by Gasteiger charge is 2.11. The number of halogens is 2. The molecule has 132 valence electrons. The Morgan fingerprint density at radius 2 is 1.84 bits per heavy atom. The molecule has 1 aliphatic rings. The number of hydrogen-bond donors (Lipinski definition) is 1. The van der Waals surface area contributed by atoms with Crippen molar-refractivity contribution in [3.05, 3.63) is 52.5 Å². The summed E-state index contributed by atoms with van der Waals surface area (Å²) >= 11 is 11.9. The highest BCUT2D eigenvalue weighted by Crippen LogP contribution is 2.27. The predicted octanol–water partition coefficient (Wildman–Crippen LogP) is 3.85. The van der Waals surface area contributed by atoms with E-state index in [9.17, 15) is 4.79 Å². The van der Waals surface area contributed by atoms with Gasteiger partial charge in [0.25, 0.3) is 5.91 Å². The molecule has 0 bridgehead atoms. The summed E-state index contributed by atoms with van der Waals surface area (Å²) in [6, 6.07) is 12.6. The number of nitrogens with zero attached hydrogens (tertiary/aromatic N) is 1. The van der Waals surface area contributed by atoms with Crippen molar-refractivity contribution in [2.75, 3.05) is 43.1 Å². The second kappa shape index (κ2) is 8.43. The normalized spacial score (nSPS) is 14.2. The third-order valence-electron chi connectivity index (χ3n) is 3.78. The van der Waals surface area contributed by atoms with Crippen molar-refractivity contribution in [3.63, 3.8) is 0 Å². The van der Waals surface area contributed by atoms with E-state index in [1.54, 1.807) is 18.2 Å². The van der Waals surface area contributed by atoms with E-state index >= 15 is 0 Å². The molecule has 2 aromatic rings. The second-order valence-corrected chi connectivity index (χ2v) is 6.40. The highest BCUT2D eigenvalue weighted by molar-refractivity contribution is 6.34. The lowest BCUT2D eigenvalue weighted by atomic mass is 10.2. The molecule has 3 rings (SSSR count). The third kappa shape index (κ3) is 5.01. The topological polar surface area (TPSA) is 50.8 Å². The van der Waals surface area contributed by atoms with Crippen LogP contribution in [0.2, 0.25) is 10.0 Å². The van der Waals surface area contributed by atoms with E-state index in [-0.39, 0.29) is 12.5 Å². The zero-order valence-electron chi connectivity index (χ0n) is 13.5. The van der Waals surface area contributed by atoms with Crippen LogP contribution in [0, 0.1) is 0 Å². The maximum atomic E-state index is 12.0. The monoisotopic (exact) mass is 380 g/mol. The van der Waals surface area contributed by atoms with Crippen LogP contribution in [0.4, 0.5) is 11.4 Å². The SMILES string of the molecule is O=C(COc1cc(Cl)ccc1Cl)Nc1ccc(N2CCOCC2)cc1. The molecule has 2 aromatic carbocycles. The van der Waals surface area contributed by atoms with Crippen LogP contribution in [0.1, 0.15) is 0 Å². The molecule has 5 nitrogen and oxygen atoms in total. The minimum Gasteiger partial charge on any atom is -0.482 e. The minimum atomic E-state index is -0.268. The number of carbonyl (C=O) groups is 1. The van der Waals surface area contributed by atoms with Crippen LogP contribution in [0.25, 0.3) is 0 Å². The van der Waals surface area contributed by atoms with Crippen molar-refractivity contribution in [1.82, 2.24) is 0 Å². The van der Waals surface area contributed by atoms with Crippen molar-refractivity contribution < 1.29 is 14.3 Å². The standard InChI is InChI=1S/C18H18Cl2N2O3/c19-13-1-6-16(20)17(11-13)25-12-18(23)21-14-2-4-15(5-3-14)22-7-9-24-10-8-22/h1-6,11H,7-10,12H2,(H,21,23). The number of nitrogens with one attached hydrogen (secondary N) is 1. The third-order valence-corrected chi connectivity index (χ3v) is 4.33. The molecule has 0 aromatic heterocycles. The molecule has 25 heavy (non-hydrogen) atoms. The predicted molar refractivity (Wildman–Crippen MR) is 100 cm³/mol. The van der Waals surface area contributed by atoms with Gasteiger partial charge in [-0.1, -0.05) is 23.2 Å². The molecule has 0 aliphatic carbocycles. The molecular formula is C18H18Cl2N2O3. The van der Waals surface area contributed by atoms with Crippen LogP contribution in [-0.2, 0) is 9.53 Å². The fourth-order valence-corrected chi connectivity index (χ4v) is 2.84. The summed E-state index contributed by atoms with van der Waals surface area (Å²) in [5, 5.41) is 3.70. The fourth-order valence-electron chi connectivity index (χ4n) is 2.51. The first-order valence-electron chi connectivity index (χ1n) is 7.92. The van der Waals surface area contributed by atoms with E-state index in [2.05, 4.69) is 10.2 Å². The molecule has 0 atom stereocenters. The lowest BCUT2D eigenvalue weighted by molar-refractivity contribution is -0.118. The van der Waals surface area contributed by atoms with E-state index < -0.39 is 0 Å². The summed E-state index contributed by atoms with van der Waals surface area (Å²) in [6.45, 7) is 3.08. The maximum Gasteiger partial charge on any atom is 0.262 e. The number of morpholine rings is 1. The molecular weight excluding hydrogens is 363 g/mol. The van der Waals surface area contributed by atoms with Crippen LogP contribution < -0.4 is 15.0 Å². The quantitative estimate of drug-likeness (QED) is 0.855. The summed E-state index contributed by atoms with van der Waals surface area (Å²) in [5.74, 6) is 0.113. The molecule has 1 saturated heterocycles. The summed E-state index contributed by atoms with van der Waals surface area (Å²) in [6.07, 6.45) is 0. The van der Waals surface area contributed by atoms with Crippen LogP contribution in [-0.4, -0.2) is 38.8 Å². The van der Waals surface area contributed by atoms with Gasteiger partial charge in [0.1, 0.15) is 5.75 Å². The number of ether oxygens (including phenoxy) is 2. The summed E-state index contributed by atoms with van der Waals surface area (Å²) in [4.78, 5) is 14.3. The molecule has 1 amide bonds. The lowest BCUT2D eigenvalue weighted by Gasteiger charge is -2.28. The van der Waals surface area contributed by atoms with Crippen molar-refractivity contribution in [3.8, 4) is 5.75 Å². The first kappa shape index (κ1) is 17.9. The fraction of sp³-hybridized carbons (Fsp3) is 0.278. The zero-order valence-corrected chi connectivity index (χ0v) is 15.0. The first-order chi connectivity index (χ1) is 12.1. The Kier molecular flexibility index (Phi) is 6.02. The van der Waals surface area contributed by atoms with Crippen LogP contribution in [0.15, 0.2) is 42.5 Å². The van der Waals surface area contributed by atoms with Crippen LogP contribution >= 0.6 is 23.2 Å². The van der Waals surface area contributed by atoms with Gasteiger partial charge in [0.2, 0.25) is 0 Å². The Balaban J connectivity index is 1.53. The molecule has 0 spiro atoms. The van der Waals surface area contributed by atoms with Gasteiger partial charge < -0.3 is 19.7 Å². The van der Waals surface area contributed by atoms with Gasteiger partial charge in [-0.15, -0.1) is 0 Å². The molecule has 1 N–H and O–H groups in total. The maximum absolute atomic E-state index is 12.0. The molecule has 1 aliphatic heterocycles. The van der Waals surface area contributed by atoms with Crippen LogP contribution in [0.5, 0.6) is 5.75 Å². The molecule has 7 heteroatoms. The Morgan fingerprint density at radius 3 is 2.56 bits per heavy atom. The van der Waals surface area contributed by atoms with E-state index in [0.29, 0.717) is 21.5 Å². The Hall–Kier alpha value is -1.95. The van der Waals surface area contributed by atoms with Gasteiger partial charge in [-0.25, -0.2) is 0 Å². The smallest absolute Gasteiger partial charge is 0.262 e. The summed E-state index contributed by atoms with van der Waals surface area (Å²) in [7, 11) is 0. The van der Waals surface area contributed by atoms with E-state index in [0.717, 1.165) is 32.0 Å². The number of hydrogen-bond acceptors (Lipinski definition) is 4. The van der Waals surface area contributed by atoms with Crippen molar-refractivity contribution >= 4 is 40.5 Å². The van der Waals surface area contributed by atoms with Gasteiger partial charge in [-0.2, -0.15) is 0 Å². The summed E-state index contributed by atoms with van der Waals surface area (Å²) in [5.41, 5.74) is 1.83. The summed E-state index contributed by atoms with van der Waals surface area (Å²) < 4.78 is 10.8. The second-order valence-electron chi connectivity index (χ2n) is 5.56. The number of rotatable bonds is 5. The largest absolute Gasteiger partial charge is 0.482 e. The van der Waals surface area contributed by atoms with E-state index in [4.69, 9.17) is 32.7 Å². The Morgan fingerprint density at radius 1 is 1.12 bits per heavy atom. The van der Waals surface area contributed by atoms with Crippen molar-refractivity contribution in [2.45, 2.75) is 0 Å².